The van der Waals surface area contributed by atoms with E-state index >= 15 is 0 Å². The number of amides is 1. The Bertz CT molecular complexity index is 611. The maximum atomic E-state index is 13.1. The molecule has 1 N–H and O–H groups in total. The van der Waals surface area contributed by atoms with Crippen molar-refractivity contribution in [1.29, 1.82) is 0 Å². The first-order chi connectivity index (χ1) is 9.49. The van der Waals surface area contributed by atoms with Crippen LogP contribution in [0, 0.1) is 5.82 Å². The highest BCUT2D eigenvalue weighted by Gasteiger charge is 2.20. The maximum Gasteiger partial charge on any atom is 0.247 e. The van der Waals surface area contributed by atoms with E-state index in [1.165, 1.54) is 0 Å². The lowest BCUT2D eigenvalue weighted by molar-refractivity contribution is -0.116. The molecule has 0 spiro atoms. The molecule has 0 saturated heterocycles. The van der Waals surface area contributed by atoms with Gasteiger partial charge in [-0.25, -0.2) is 4.39 Å². The number of halogens is 4. The molecule has 2 aromatic rings. The van der Waals surface area contributed by atoms with Crippen LogP contribution in [-0.4, -0.2) is 5.91 Å². The van der Waals surface area contributed by atoms with Gasteiger partial charge in [0, 0.05) is 0 Å². The molecule has 2 rings (SSSR count). The van der Waals surface area contributed by atoms with Gasteiger partial charge in [0.1, 0.15) is 11.2 Å². The number of alkyl halides is 1. The molecule has 1 amide bonds. The summed E-state index contributed by atoms with van der Waals surface area (Å²) in [6.45, 7) is 0. The highest BCUT2D eigenvalue weighted by Crippen LogP contribution is 2.33. The zero-order valence-electron chi connectivity index (χ0n) is 10.0. The zero-order valence-corrected chi connectivity index (χ0v) is 12.3. The SMILES string of the molecule is O=C(Nc1c(Cl)cc(F)cc1Cl)C(Cl)c1ccccc1. The fraction of sp³-hybridized carbons (Fsp3) is 0.0714. The van der Waals surface area contributed by atoms with E-state index in [0.29, 0.717) is 5.56 Å². The first-order valence-electron chi connectivity index (χ1n) is 5.63. The van der Waals surface area contributed by atoms with E-state index in [0.717, 1.165) is 12.1 Å². The summed E-state index contributed by atoms with van der Waals surface area (Å²) >= 11 is 17.8. The fourth-order valence-electron chi connectivity index (χ4n) is 1.62. The van der Waals surface area contributed by atoms with Crippen LogP contribution < -0.4 is 5.32 Å². The molecule has 0 aliphatic carbocycles. The fourth-order valence-corrected chi connectivity index (χ4v) is 2.38. The van der Waals surface area contributed by atoms with E-state index in [-0.39, 0.29) is 15.7 Å². The minimum absolute atomic E-state index is 0.0141. The molecule has 0 bridgehead atoms. The van der Waals surface area contributed by atoms with Gasteiger partial charge in [0.15, 0.2) is 0 Å². The molecule has 104 valence electrons. The molecule has 0 radical (unpaired) electrons. The lowest BCUT2D eigenvalue weighted by Crippen LogP contribution is -2.17. The number of carbonyl (C=O) groups excluding carboxylic acids is 1. The van der Waals surface area contributed by atoms with E-state index in [1.54, 1.807) is 24.3 Å². The second-order valence-electron chi connectivity index (χ2n) is 4.01. The minimum Gasteiger partial charge on any atom is -0.322 e. The molecule has 0 aliphatic rings. The Kier molecular flexibility index (Phi) is 4.86. The highest BCUT2D eigenvalue weighted by atomic mass is 35.5. The van der Waals surface area contributed by atoms with E-state index in [1.807, 2.05) is 6.07 Å². The number of rotatable bonds is 3. The average Bonchev–Trinajstić information content (AvgIpc) is 2.42. The van der Waals surface area contributed by atoms with E-state index in [2.05, 4.69) is 5.32 Å². The van der Waals surface area contributed by atoms with Crippen LogP contribution in [0.3, 0.4) is 0 Å². The minimum atomic E-state index is -0.895. The van der Waals surface area contributed by atoms with Gasteiger partial charge in [-0.15, -0.1) is 11.6 Å². The second-order valence-corrected chi connectivity index (χ2v) is 5.26. The average molecular weight is 333 g/mol. The quantitative estimate of drug-likeness (QED) is 0.783. The normalized spacial score (nSPS) is 12.0. The van der Waals surface area contributed by atoms with Crippen LogP contribution in [0.25, 0.3) is 0 Å². The first-order valence-corrected chi connectivity index (χ1v) is 6.82. The summed E-state index contributed by atoms with van der Waals surface area (Å²) in [5, 5.41) is 1.64. The van der Waals surface area contributed by atoms with E-state index in [9.17, 15) is 9.18 Å². The number of nitrogens with one attached hydrogen (secondary N) is 1. The van der Waals surface area contributed by atoms with Gasteiger partial charge < -0.3 is 5.32 Å². The van der Waals surface area contributed by atoms with Crippen molar-refractivity contribution in [3.05, 3.63) is 63.9 Å². The van der Waals surface area contributed by atoms with Crippen molar-refractivity contribution in [2.24, 2.45) is 0 Å². The van der Waals surface area contributed by atoms with Crippen LogP contribution in [0.2, 0.25) is 10.0 Å². The third-order valence-corrected chi connectivity index (χ3v) is 3.62. The summed E-state index contributed by atoms with van der Waals surface area (Å²) in [4.78, 5) is 12.0. The van der Waals surface area contributed by atoms with Gasteiger partial charge in [0.2, 0.25) is 5.91 Å². The summed E-state index contributed by atoms with van der Waals surface area (Å²) in [7, 11) is 0. The van der Waals surface area contributed by atoms with Crippen molar-refractivity contribution in [2.75, 3.05) is 5.32 Å². The van der Waals surface area contributed by atoms with Crippen LogP contribution >= 0.6 is 34.8 Å². The molecule has 0 aromatic heterocycles. The molecule has 0 aliphatic heterocycles. The molecule has 20 heavy (non-hydrogen) atoms. The van der Waals surface area contributed by atoms with Crippen molar-refractivity contribution in [1.82, 2.24) is 0 Å². The summed E-state index contributed by atoms with van der Waals surface area (Å²) in [5.74, 6) is -1.07. The van der Waals surface area contributed by atoms with Crippen molar-refractivity contribution in [3.8, 4) is 0 Å². The zero-order chi connectivity index (χ0) is 14.7. The van der Waals surface area contributed by atoms with Crippen LogP contribution in [0.15, 0.2) is 42.5 Å². The summed E-state index contributed by atoms with van der Waals surface area (Å²) in [5.41, 5.74) is 0.780. The molecule has 0 saturated carbocycles. The van der Waals surface area contributed by atoms with Gasteiger partial charge in [0.05, 0.1) is 15.7 Å². The van der Waals surface area contributed by atoms with Crippen molar-refractivity contribution in [2.45, 2.75) is 5.38 Å². The lowest BCUT2D eigenvalue weighted by Gasteiger charge is -2.13. The van der Waals surface area contributed by atoms with Crippen LogP contribution in [0.5, 0.6) is 0 Å². The predicted octanol–water partition coefficient (Wildman–Crippen LogP) is 5.05. The number of benzene rings is 2. The monoisotopic (exact) mass is 331 g/mol. The molecular weight excluding hydrogens is 324 g/mol. The summed E-state index contributed by atoms with van der Waals surface area (Å²) in [6.07, 6.45) is 0. The number of hydrogen-bond acceptors (Lipinski definition) is 1. The van der Waals surface area contributed by atoms with Crippen LogP contribution in [0.4, 0.5) is 10.1 Å². The molecule has 2 nitrogen and oxygen atoms in total. The lowest BCUT2D eigenvalue weighted by atomic mass is 10.1. The highest BCUT2D eigenvalue weighted by molar-refractivity contribution is 6.40. The molecular formula is C14H9Cl3FNO. The van der Waals surface area contributed by atoms with E-state index < -0.39 is 17.1 Å². The standard InChI is InChI=1S/C14H9Cl3FNO/c15-10-6-9(18)7-11(16)13(10)19-14(20)12(17)8-4-2-1-3-5-8/h1-7,12H,(H,19,20). The Labute approximate surface area is 130 Å². The molecule has 6 heteroatoms. The van der Waals surface area contributed by atoms with Crippen molar-refractivity contribution < 1.29 is 9.18 Å². The third-order valence-electron chi connectivity index (χ3n) is 2.58. The number of anilines is 1. The number of hydrogen-bond donors (Lipinski definition) is 1. The molecule has 0 heterocycles. The Morgan fingerprint density at radius 1 is 1.10 bits per heavy atom. The Balaban J connectivity index is 2.20. The Morgan fingerprint density at radius 2 is 1.65 bits per heavy atom. The van der Waals surface area contributed by atoms with E-state index in [4.69, 9.17) is 34.8 Å². The summed E-state index contributed by atoms with van der Waals surface area (Å²) < 4.78 is 13.1. The van der Waals surface area contributed by atoms with Crippen LogP contribution in [-0.2, 0) is 4.79 Å². The maximum absolute atomic E-state index is 13.1. The molecule has 1 atom stereocenters. The molecule has 2 aromatic carbocycles. The third kappa shape index (κ3) is 3.42. The first kappa shape index (κ1) is 15.1. The largest absolute Gasteiger partial charge is 0.322 e. The van der Waals surface area contributed by atoms with Gasteiger partial charge >= 0.3 is 0 Å². The van der Waals surface area contributed by atoms with Crippen LogP contribution in [0.1, 0.15) is 10.9 Å². The Morgan fingerprint density at radius 3 is 2.20 bits per heavy atom. The molecule has 0 fully saturated rings. The van der Waals surface area contributed by atoms with Gasteiger partial charge in [-0.1, -0.05) is 53.5 Å². The predicted molar refractivity (Wildman–Crippen MR) is 80.1 cm³/mol. The second kappa shape index (κ2) is 6.44. The van der Waals surface area contributed by atoms with Gasteiger partial charge in [-0.2, -0.15) is 0 Å². The number of carbonyl (C=O) groups is 1. The summed E-state index contributed by atoms with van der Waals surface area (Å²) in [6, 6.07) is 10.9. The topological polar surface area (TPSA) is 29.1 Å². The van der Waals surface area contributed by atoms with Gasteiger partial charge in [-0.3, -0.25) is 4.79 Å². The van der Waals surface area contributed by atoms with Gasteiger partial charge in [0.25, 0.3) is 0 Å². The Hall–Kier alpha value is -1.29. The van der Waals surface area contributed by atoms with Gasteiger partial charge in [-0.05, 0) is 17.7 Å². The van der Waals surface area contributed by atoms with Crippen molar-refractivity contribution in [3.63, 3.8) is 0 Å². The molecule has 1 unspecified atom stereocenters. The smallest absolute Gasteiger partial charge is 0.247 e. The van der Waals surface area contributed by atoms with Crippen molar-refractivity contribution >= 4 is 46.4 Å².